The van der Waals surface area contributed by atoms with E-state index in [9.17, 15) is 19.7 Å². The zero-order chi connectivity index (χ0) is 31.9. The minimum Gasteiger partial charge on any atom is -0.463 e. The quantitative estimate of drug-likeness (QED) is 0.136. The van der Waals surface area contributed by atoms with Crippen molar-refractivity contribution in [3.05, 3.63) is 137 Å². The van der Waals surface area contributed by atoms with Crippen LogP contribution >= 0.6 is 11.3 Å². The average Bonchev–Trinajstić information content (AvgIpc) is 3.80. The van der Waals surface area contributed by atoms with Crippen LogP contribution in [0.25, 0.3) is 23.1 Å². The van der Waals surface area contributed by atoms with Gasteiger partial charge in [-0.25, -0.2) is 9.79 Å². The fourth-order valence-corrected chi connectivity index (χ4v) is 6.53. The number of benzene rings is 3. The number of aryl methyl sites for hydroxylation is 1. The van der Waals surface area contributed by atoms with E-state index in [2.05, 4.69) is 0 Å². The van der Waals surface area contributed by atoms with Crippen LogP contribution in [0.2, 0.25) is 0 Å². The van der Waals surface area contributed by atoms with Gasteiger partial charge in [0, 0.05) is 17.7 Å². The molecule has 11 nitrogen and oxygen atoms in total. The lowest BCUT2D eigenvalue weighted by Gasteiger charge is -2.26. The summed E-state index contributed by atoms with van der Waals surface area (Å²) in [7, 11) is 0. The molecule has 0 saturated carbocycles. The normalized spacial score (nSPS) is 15.4. The third-order valence-electron chi connectivity index (χ3n) is 7.60. The highest BCUT2D eigenvalue weighted by molar-refractivity contribution is 7.07. The Hall–Kier alpha value is -5.75. The predicted octanol–water partition coefficient (Wildman–Crippen LogP) is 5.14. The summed E-state index contributed by atoms with van der Waals surface area (Å²) in [5.41, 5.74) is 2.48. The number of hydrogen-bond acceptors (Lipinski definition) is 10. The molecule has 4 heterocycles. The summed E-state index contributed by atoms with van der Waals surface area (Å²) < 4.78 is 24.4. The van der Waals surface area contributed by atoms with E-state index in [1.54, 1.807) is 62.4 Å². The van der Waals surface area contributed by atoms with Gasteiger partial charge in [-0.3, -0.25) is 19.5 Å². The molecule has 1 unspecified atom stereocenters. The maximum atomic E-state index is 14.2. The Bertz CT molecular complexity index is 2250. The second kappa shape index (κ2) is 11.6. The number of nitro groups is 1. The van der Waals surface area contributed by atoms with Gasteiger partial charge in [-0.05, 0) is 55.3 Å². The lowest BCUT2D eigenvalue weighted by molar-refractivity contribution is -0.384. The molecule has 5 aromatic rings. The van der Waals surface area contributed by atoms with E-state index in [1.807, 2.05) is 30.3 Å². The summed E-state index contributed by atoms with van der Waals surface area (Å²) in [5, 5.41) is 11.7. The van der Waals surface area contributed by atoms with Crippen LogP contribution in [0, 0.1) is 17.0 Å². The highest BCUT2D eigenvalue weighted by Crippen LogP contribution is 2.40. The number of hydrogen-bond donors (Lipinski definition) is 0. The molecule has 2 aromatic heterocycles. The SMILES string of the molecule is CCOC(=O)C1=C(c2ccccc2)N=c2s/c(=C\c3ccc(-c4ccc(C)cc4[N+](=O)[O-])o3)c(=O)n2C1c1ccc2c(c1)OCO2. The van der Waals surface area contributed by atoms with Crippen LogP contribution in [0.15, 0.2) is 98.6 Å². The first-order chi connectivity index (χ1) is 22.3. The van der Waals surface area contributed by atoms with E-state index in [1.165, 1.54) is 10.6 Å². The van der Waals surface area contributed by atoms with E-state index >= 15 is 0 Å². The van der Waals surface area contributed by atoms with E-state index in [4.69, 9.17) is 23.6 Å². The topological polar surface area (TPSA) is 135 Å². The number of carbonyl (C=O) groups excluding carboxylic acids is 1. The van der Waals surface area contributed by atoms with Gasteiger partial charge in [0.05, 0.1) is 38.9 Å². The minimum absolute atomic E-state index is 0.0638. The smallest absolute Gasteiger partial charge is 0.338 e. The summed E-state index contributed by atoms with van der Waals surface area (Å²) in [5.74, 6) is 1.07. The van der Waals surface area contributed by atoms with Crippen molar-refractivity contribution in [3.8, 4) is 22.8 Å². The Morgan fingerprint density at radius 3 is 2.67 bits per heavy atom. The molecule has 1 atom stereocenters. The maximum Gasteiger partial charge on any atom is 0.338 e. The summed E-state index contributed by atoms with van der Waals surface area (Å²) in [6.45, 7) is 3.68. The largest absolute Gasteiger partial charge is 0.463 e. The number of nitro benzene ring substituents is 1. The lowest BCUT2D eigenvalue weighted by atomic mass is 9.93. The van der Waals surface area contributed by atoms with Gasteiger partial charge in [-0.2, -0.15) is 0 Å². The minimum atomic E-state index is -0.899. The van der Waals surface area contributed by atoms with Crippen molar-refractivity contribution in [2.45, 2.75) is 19.9 Å². The monoisotopic (exact) mass is 635 g/mol. The highest BCUT2D eigenvalue weighted by Gasteiger charge is 2.36. The van der Waals surface area contributed by atoms with Crippen LogP contribution in [0.3, 0.4) is 0 Å². The number of esters is 1. The standard InChI is InChI=1S/C34H25N3O8S/c1-3-42-33(39)29-30(20-7-5-4-6-8-20)35-34-36(31(29)21-10-13-26-27(16-21)44-18-43-26)32(38)28(46-34)17-22-11-14-25(45-22)23-12-9-19(2)15-24(23)37(40)41/h4-17,31H,3,18H2,1-2H3/b28-17-. The molecular formula is C34H25N3O8S. The third-order valence-corrected chi connectivity index (χ3v) is 8.58. The Labute approximate surface area is 265 Å². The second-order valence-corrected chi connectivity index (χ2v) is 11.5. The molecule has 2 aliphatic rings. The Kier molecular flexibility index (Phi) is 7.33. The van der Waals surface area contributed by atoms with Gasteiger partial charge in [0.15, 0.2) is 16.3 Å². The molecule has 7 rings (SSSR count). The number of thiazole rings is 1. The molecule has 0 N–H and O–H groups in total. The molecule has 0 saturated heterocycles. The van der Waals surface area contributed by atoms with Crippen LogP contribution in [0.1, 0.15) is 35.4 Å². The molecule has 12 heteroatoms. The zero-order valence-corrected chi connectivity index (χ0v) is 25.4. The van der Waals surface area contributed by atoms with Gasteiger partial charge in [0.25, 0.3) is 11.2 Å². The highest BCUT2D eigenvalue weighted by atomic mass is 32.1. The van der Waals surface area contributed by atoms with Crippen molar-refractivity contribution in [1.29, 1.82) is 0 Å². The second-order valence-electron chi connectivity index (χ2n) is 10.5. The van der Waals surface area contributed by atoms with E-state index in [0.29, 0.717) is 54.7 Å². The number of furan rings is 1. The molecule has 230 valence electrons. The van der Waals surface area contributed by atoms with Crippen molar-refractivity contribution in [3.63, 3.8) is 0 Å². The van der Waals surface area contributed by atoms with Crippen LogP contribution in [-0.2, 0) is 9.53 Å². The first-order valence-corrected chi connectivity index (χ1v) is 15.2. The predicted molar refractivity (Wildman–Crippen MR) is 169 cm³/mol. The molecule has 2 aliphatic heterocycles. The van der Waals surface area contributed by atoms with Gasteiger partial charge in [0.1, 0.15) is 11.5 Å². The third kappa shape index (κ3) is 5.08. The van der Waals surface area contributed by atoms with Crippen molar-refractivity contribution < 1.29 is 28.3 Å². The van der Waals surface area contributed by atoms with E-state index in [0.717, 1.165) is 16.9 Å². The number of carbonyl (C=O) groups is 1. The summed E-state index contributed by atoms with van der Waals surface area (Å²) in [6.07, 6.45) is 1.57. The van der Waals surface area contributed by atoms with E-state index in [-0.39, 0.29) is 24.7 Å². The fraction of sp³-hybridized carbons (Fsp3) is 0.147. The average molecular weight is 636 g/mol. The van der Waals surface area contributed by atoms with Crippen LogP contribution in [-0.4, -0.2) is 28.9 Å². The van der Waals surface area contributed by atoms with Crippen molar-refractivity contribution in [2.75, 3.05) is 13.4 Å². The van der Waals surface area contributed by atoms with Crippen molar-refractivity contribution in [1.82, 2.24) is 4.57 Å². The van der Waals surface area contributed by atoms with Gasteiger partial charge in [-0.15, -0.1) is 0 Å². The first-order valence-electron chi connectivity index (χ1n) is 14.4. The van der Waals surface area contributed by atoms with E-state index < -0.39 is 22.5 Å². The molecule has 0 spiro atoms. The number of fused-ring (bicyclic) bond motifs is 2. The lowest BCUT2D eigenvalue weighted by Crippen LogP contribution is -2.40. The fourth-order valence-electron chi connectivity index (χ4n) is 5.54. The molecule has 3 aromatic carbocycles. The zero-order valence-electron chi connectivity index (χ0n) is 24.6. The molecule has 0 amide bonds. The van der Waals surface area contributed by atoms with Crippen molar-refractivity contribution >= 4 is 34.8 Å². The van der Waals surface area contributed by atoms with Gasteiger partial charge in [0.2, 0.25) is 6.79 Å². The molecular weight excluding hydrogens is 610 g/mol. The number of rotatable bonds is 7. The molecule has 0 aliphatic carbocycles. The number of aromatic nitrogens is 1. The maximum absolute atomic E-state index is 14.2. The Morgan fingerprint density at radius 1 is 1.09 bits per heavy atom. The Morgan fingerprint density at radius 2 is 1.89 bits per heavy atom. The molecule has 0 fully saturated rings. The van der Waals surface area contributed by atoms with Crippen molar-refractivity contribution in [2.24, 2.45) is 4.99 Å². The summed E-state index contributed by atoms with van der Waals surface area (Å²) in [6, 6.07) is 21.8. The number of nitrogens with zero attached hydrogens (tertiary/aromatic N) is 3. The van der Waals surface area contributed by atoms with Crippen LogP contribution in [0.5, 0.6) is 11.5 Å². The van der Waals surface area contributed by atoms with Gasteiger partial charge in [-0.1, -0.05) is 53.8 Å². The Balaban J connectivity index is 1.42. The molecule has 46 heavy (non-hydrogen) atoms. The van der Waals surface area contributed by atoms with Crippen LogP contribution < -0.4 is 24.4 Å². The molecule has 0 bridgehead atoms. The van der Waals surface area contributed by atoms with Gasteiger partial charge >= 0.3 is 5.97 Å². The van der Waals surface area contributed by atoms with Gasteiger partial charge < -0.3 is 18.6 Å². The molecule has 0 radical (unpaired) electrons. The van der Waals surface area contributed by atoms with Crippen LogP contribution in [0.4, 0.5) is 5.69 Å². The first kappa shape index (κ1) is 29.0. The number of ether oxygens (including phenoxy) is 3. The summed E-state index contributed by atoms with van der Waals surface area (Å²) >= 11 is 1.14. The summed E-state index contributed by atoms with van der Waals surface area (Å²) in [4.78, 5) is 44.3.